The summed E-state index contributed by atoms with van der Waals surface area (Å²) in [5.41, 5.74) is -0.435. The number of rotatable bonds is 4. The highest BCUT2D eigenvalue weighted by molar-refractivity contribution is 7.19. The molecule has 0 atom stereocenters. The predicted molar refractivity (Wildman–Crippen MR) is 109 cm³/mol. The topological polar surface area (TPSA) is 59.3 Å². The Labute approximate surface area is 182 Å². The number of thiophene rings is 1. The van der Waals surface area contributed by atoms with Crippen molar-refractivity contribution >= 4 is 46.1 Å². The molecule has 4 aromatic rings. The van der Waals surface area contributed by atoms with Crippen LogP contribution >= 0.6 is 34.5 Å². The van der Waals surface area contributed by atoms with E-state index in [-0.39, 0.29) is 23.6 Å². The Hall–Kier alpha value is -2.62. The number of benzene rings is 1. The summed E-state index contributed by atoms with van der Waals surface area (Å²) in [6.07, 6.45) is -4.69. The molecule has 0 fully saturated rings. The number of nitrogens with zero attached hydrogens (tertiary/aromatic N) is 3. The van der Waals surface area contributed by atoms with Crippen LogP contribution in [0.15, 0.2) is 48.5 Å². The lowest BCUT2D eigenvalue weighted by molar-refractivity contribution is -0.142. The smallest absolute Gasteiger partial charge is 0.347 e. The minimum absolute atomic E-state index is 0.0963. The Balaban J connectivity index is 1.68. The van der Waals surface area contributed by atoms with Gasteiger partial charge in [-0.2, -0.15) is 18.3 Å². The fourth-order valence-corrected chi connectivity index (χ4v) is 3.87. The number of carbonyl (C=O) groups excluding carboxylic acids is 1. The highest BCUT2D eigenvalue weighted by Crippen LogP contribution is 2.35. The Morgan fingerprint density at radius 2 is 1.83 bits per heavy atom. The zero-order valence-corrected chi connectivity index (χ0v) is 17.2. The molecule has 30 heavy (non-hydrogen) atoms. The number of hydrogen-bond donors (Lipinski definition) is 1. The van der Waals surface area contributed by atoms with Crippen LogP contribution in [-0.4, -0.2) is 20.5 Å². The van der Waals surface area contributed by atoms with E-state index < -0.39 is 17.8 Å². The predicted octanol–water partition coefficient (Wildman–Crippen LogP) is 5.71. The van der Waals surface area contributed by atoms with Crippen LogP contribution in [0.25, 0.3) is 16.2 Å². The molecule has 0 spiro atoms. The second-order valence-corrected chi connectivity index (χ2v) is 8.39. The summed E-state index contributed by atoms with van der Waals surface area (Å²) >= 11 is 12.8. The second-order valence-electron chi connectivity index (χ2n) is 6.24. The number of amides is 1. The van der Waals surface area contributed by atoms with Crippen LogP contribution in [0.3, 0.4) is 0 Å². The van der Waals surface area contributed by atoms with Gasteiger partial charge in [0.2, 0.25) is 0 Å². The van der Waals surface area contributed by atoms with Crippen molar-refractivity contribution < 1.29 is 18.0 Å². The van der Waals surface area contributed by atoms with Gasteiger partial charge >= 0.3 is 6.18 Å². The van der Waals surface area contributed by atoms with Crippen molar-refractivity contribution in [1.29, 1.82) is 0 Å². The summed E-state index contributed by atoms with van der Waals surface area (Å²) in [4.78, 5) is 17.1. The van der Waals surface area contributed by atoms with Crippen LogP contribution < -0.4 is 5.32 Å². The van der Waals surface area contributed by atoms with Gasteiger partial charge in [-0.25, -0.2) is 9.50 Å². The van der Waals surface area contributed by atoms with Crippen molar-refractivity contribution in [2.45, 2.75) is 12.7 Å². The molecular weight excluding hydrogens is 460 g/mol. The number of halogens is 5. The molecule has 0 radical (unpaired) electrons. The first-order chi connectivity index (χ1) is 14.2. The maximum Gasteiger partial charge on any atom is 0.433 e. The number of carbonyl (C=O) groups is 1. The average Bonchev–Trinajstić information content (AvgIpc) is 3.31. The van der Waals surface area contributed by atoms with Gasteiger partial charge in [0.25, 0.3) is 5.91 Å². The third kappa shape index (κ3) is 4.28. The molecule has 0 bridgehead atoms. The lowest BCUT2D eigenvalue weighted by atomic mass is 10.2. The minimum Gasteiger partial charge on any atom is -0.347 e. The first-order valence-electron chi connectivity index (χ1n) is 8.47. The lowest BCUT2D eigenvalue weighted by Crippen LogP contribution is -2.23. The molecule has 11 heteroatoms. The molecule has 154 valence electrons. The molecule has 3 heterocycles. The van der Waals surface area contributed by atoms with Gasteiger partial charge in [-0.05, 0) is 35.9 Å². The van der Waals surface area contributed by atoms with E-state index in [1.807, 2.05) is 0 Å². The molecule has 4 rings (SSSR count). The SMILES string of the molecule is O=C(NCc1ccc(Cl)cc1)c1cc2nc(-c3ccc(Cl)s3)cc(C(F)(F)F)n2n1. The fraction of sp³-hybridized carbons (Fsp3) is 0.105. The summed E-state index contributed by atoms with van der Waals surface area (Å²) in [5.74, 6) is -0.621. The van der Waals surface area contributed by atoms with E-state index >= 15 is 0 Å². The molecule has 1 aromatic carbocycles. The van der Waals surface area contributed by atoms with E-state index in [0.29, 0.717) is 18.8 Å². The first-order valence-corrected chi connectivity index (χ1v) is 10.0. The largest absolute Gasteiger partial charge is 0.433 e. The van der Waals surface area contributed by atoms with Gasteiger partial charge in [0, 0.05) is 17.6 Å². The molecule has 1 N–H and O–H groups in total. The molecule has 0 aliphatic heterocycles. The van der Waals surface area contributed by atoms with Crippen LogP contribution in [0.4, 0.5) is 13.2 Å². The quantitative estimate of drug-likeness (QED) is 0.415. The Bertz CT molecular complexity index is 1240. The highest BCUT2D eigenvalue weighted by atomic mass is 35.5. The van der Waals surface area contributed by atoms with Crippen LogP contribution in [0.5, 0.6) is 0 Å². The zero-order valence-electron chi connectivity index (χ0n) is 14.9. The summed E-state index contributed by atoms with van der Waals surface area (Å²) in [6.45, 7) is 0.169. The zero-order chi connectivity index (χ0) is 21.5. The van der Waals surface area contributed by atoms with E-state index in [1.165, 1.54) is 6.07 Å². The monoisotopic (exact) mass is 470 g/mol. The van der Waals surface area contributed by atoms with Crippen molar-refractivity contribution in [2.75, 3.05) is 0 Å². The molecular formula is C19H11Cl2F3N4OS. The maximum atomic E-state index is 13.6. The fourth-order valence-electron chi connectivity index (χ4n) is 2.74. The van der Waals surface area contributed by atoms with Crippen molar-refractivity contribution in [3.05, 3.63) is 74.8 Å². The van der Waals surface area contributed by atoms with Crippen LogP contribution in [0, 0.1) is 0 Å². The van der Waals surface area contributed by atoms with Gasteiger partial charge in [-0.1, -0.05) is 35.3 Å². The van der Waals surface area contributed by atoms with Crippen LogP contribution in [0.1, 0.15) is 21.7 Å². The van der Waals surface area contributed by atoms with Crippen molar-refractivity contribution in [1.82, 2.24) is 19.9 Å². The standard InChI is InChI=1S/C19H11Cl2F3N4OS/c20-11-3-1-10(2-4-11)9-25-18(29)13-8-17-26-12(14-5-6-16(21)30-14)7-15(19(22,23)24)28(17)27-13/h1-8H,9H2,(H,25,29). The van der Waals surface area contributed by atoms with E-state index in [2.05, 4.69) is 15.4 Å². The number of aromatic nitrogens is 3. The van der Waals surface area contributed by atoms with Crippen LogP contribution in [0.2, 0.25) is 9.36 Å². The second kappa shape index (κ2) is 7.90. The van der Waals surface area contributed by atoms with Gasteiger partial charge in [0.1, 0.15) is 0 Å². The van der Waals surface area contributed by atoms with Gasteiger partial charge < -0.3 is 5.32 Å². The third-order valence-electron chi connectivity index (χ3n) is 4.14. The van der Waals surface area contributed by atoms with Gasteiger partial charge in [0.15, 0.2) is 17.0 Å². The van der Waals surface area contributed by atoms with E-state index in [4.69, 9.17) is 23.2 Å². The molecule has 0 saturated heterocycles. The third-order valence-corrected chi connectivity index (χ3v) is 5.65. The Kier molecular flexibility index (Phi) is 5.44. The summed E-state index contributed by atoms with van der Waals surface area (Å²) in [5, 5.41) is 7.00. The summed E-state index contributed by atoms with van der Waals surface area (Å²) < 4.78 is 41.9. The van der Waals surface area contributed by atoms with Crippen molar-refractivity contribution in [3.8, 4) is 10.6 Å². The minimum atomic E-state index is -4.69. The average molecular weight is 471 g/mol. The van der Waals surface area contributed by atoms with E-state index in [0.717, 1.165) is 23.0 Å². The molecule has 0 aliphatic rings. The number of alkyl halides is 3. The Morgan fingerprint density at radius 1 is 1.10 bits per heavy atom. The van der Waals surface area contributed by atoms with Gasteiger partial charge in [-0.3, -0.25) is 4.79 Å². The number of hydrogen-bond acceptors (Lipinski definition) is 4. The number of fused-ring (bicyclic) bond motifs is 1. The molecule has 0 saturated carbocycles. The van der Waals surface area contributed by atoms with Crippen LogP contribution in [-0.2, 0) is 12.7 Å². The summed E-state index contributed by atoms with van der Waals surface area (Å²) in [6, 6.07) is 12.1. The lowest BCUT2D eigenvalue weighted by Gasteiger charge is -2.10. The molecule has 3 aromatic heterocycles. The van der Waals surface area contributed by atoms with Crippen molar-refractivity contribution in [2.24, 2.45) is 0 Å². The number of nitrogens with one attached hydrogen (secondary N) is 1. The van der Waals surface area contributed by atoms with E-state index in [1.54, 1.807) is 36.4 Å². The van der Waals surface area contributed by atoms with E-state index in [9.17, 15) is 18.0 Å². The summed E-state index contributed by atoms with van der Waals surface area (Å²) in [7, 11) is 0. The molecule has 0 unspecified atom stereocenters. The normalized spacial score (nSPS) is 11.8. The molecule has 0 aliphatic carbocycles. The molecule has 5 nitrogen and oxygen atoms in total. The molecule has 1 amide bonds. The van der Waals surface area contributed by atoms with Gasteiger partial charge in [0.05, 0.1) is 14.9 Å². The Morgan fingerprint density at radius 3 is 2.47 bits per heavy atom. The maximum absolute atomic E-state index is 13.6. The first kappa shape index (κ1) is 20.6. The van der Waals surface area contributed by atoms with Crippen molar-refractivity contribution in [3.63, 3.8) is 0 Å². The highest BCUT2D eigenvalue weighted by Gasteiger charge is 2.35. The van der Waals surface area contributed by atoms with Gasteiger partial charge in [-0.15, -0.1) is 11.3 Å².